The number of ether oxygens (including phenoxy) is 2. The van der Waals surface area contributed by atoms with Crippen molar-refractivity contribution < 1.29 is 9.47 Å². The van der Waals surface area contributed by atoms with Gasteiger partial charge in [0.05, 0.1) is 24.6 Å². The highest BCUT2D eigenvalue weighted by Crippen LogP contribution is 2.40. The minimum absolute atomic E-state index is 0.102. The van der Waals surface area contributed by atoms with E-state index in [2.05, 4.69) is 5.10 Å². The van der Waals surface area contributed by atoms with Crippen LogP contribution in [0.4, 0.5) is 11.4 Å². The summed E-state index contributed by atoms with van der Waals surface area (Å²) in [5, 5.41) is 4.39. The van der Waals surface area contributed by atoms with E-state index in [9.17, 15) is 0 Å². The molecule has 112 valence electrons. The summed E-state index contributed by atoms with van der Waals surface area (Å²) >= 11 is 0. The second kappa shape index (κ2) is 5.65. The number of hydrogen-bond acceptors (Lipinski definition) is 5. The Balaban J connectivity index is 2.12. The zero-order valence-electron chi connectivity index (χ0n) is 12.1. The lowest BCUT2D eigenvalue weighted by Gasteiger charge is -2.25. The molecule has 1 aromatic carbocycles. The number of hydrogen-bond donors (Lipinski definition) is 2. The quantitative estimate of drug-likeness (QED) is 0.847. The number of methoxy groups -OCH3 is 1. The topological polar surface area (TPSA) is 88.3 Å². The van der Waals surface area contributed by atoms with Gasteiger partial charge in [-0.1, -0.05) is 6.07 Å². The van der Waals surface area contributed by atoms with E-state index < -0.39 is 0 Å². The van der Waals surface area contributed by atoms with Crippen LogP contribution in [-0.2, 0) is 4.74 Å². The zero-order chi connectivity index (χ0) is 14.8. The molecule has 0 aliphatic carbocycles. The summed E-state index contributed by atoms with van der Waals surface area (Å²) in [6, 6.07) is 5.55. The molecule has 1 atom stereocenters. The minimum Gasteiger partial charge on any atom is -0.496 e. The van der Waals surface area contributed by atoms with Gasteiger partial charge < -0.3 is 20.9 Å². The molecular weight excluding hydrogens is 268 g/mol. The van der Waals surface area contributed by atoms with Crippen LogP contribution in [0.1, 0.15) is 25.5 Å². The van der Waals surface area contributed by atoms with Crippen LogP contribution in [0.2, 0.25) is 0 Å². The number of nitrogens with zero attached hydrogens (tertiary/aromatic N) is 2. The first-order chi connectivity index (χ1) is 10.2. The van der Waals surface area contributed by atoms with Crippen LogP contribution in [0.15, 0.2) is 24.4 Å². The molecule has 0 saturated carbocycles. The maximum Gasteiger partial charge on any atom is 0.150 e. The van der Waals surface area contributed by atoms with Crippen molar-refractivity contribution in [3.8, 4) is 17.0 Å². The summed E-state index contributed by atoms with van der Waals surface area (Å²) in [4.78, 5) is 0. The molecule has 2 heterocycles. The van der Waals surface area contributed by atoms with Crippen molar-refractivity contribution in [2.75, 3.05) is 25.2 Å². The van der Waals surface area contributed by atoms with Crippen molar-refractivity contribution in [2.45, 2.75) is 25.5 Å². The van der Waals surface area contributed by atoms with Crippen molar-refractivity contribution in [2.24, 2.45) is 0 Å². The van der Waals surface area contributed by atoms with Crippen molar-refractivity contribution in [1.29, 1.82) is 0 Å². The number of nitrogens with two attached hydrogens (primary N) is 2. The number of benzene rings is 1. The zero-order valence-corrected chi connectivity index (χ0v) is 12.1. The molecule has 21 heavy (non-hydrogen) atoms. The molecule has 1 saturated heterocycles. The molecule has 1 fully saturated rings. The minimum atomic E-state index is -0.102. The molecule has 0 bridgehead atoms. The predicted octanol–water partition coefficient (Wildman–Crippen LogP) is 2.42. The molecule has 1 unspecified atom stereocenters. The lowest BCUT2D eigenvalue weighted by Crippen LogP contribution is -2.20. The Morgan fingerprint density at radius 3 is 2.86 bits per heavy atom. The molecule has 1 aliphatic heterocycles. The summed E-state index contributed by atoms with van der Waals surface area (Å²) < 4.78 is 13.1. The third kappa shape index (κ3) is 2.42. The fraction of sp³-hybridized carbons (Fsp3) is 0.400. The van der Waals surface area contributed by atoms with Crippen LogP contribution in [-0.4, -0.2) is 23.5 Å². The first kappa shape index (κ1) is 13.8. The molecular formula is C15H20N4O2. The fourth-order valence-corrected chi connectivity index (χ4v) is 2.74. The van der Waals surface area contributed by atoms with Crippen molar-refractivity contribution in [3.63, 3.8) is 0 Å². The molecule has 6 nitrogen and oxygen atoms in total. The predicted molar refractivity (Wildman–Crippen MR) is 81.9 cm³/mol. The highest BCUT2D eigenvalue weighted by molar-refractivity contribution is 5.86. The number of nitrogen functional groups attached to an aromatic ring is 2. The van der Waals surface area contributed by atoms with Crippen LogP contribution in [0.5, 0.6) is 5.75 Å². The van der Waals surface area contributed by atoms with Gasteiger partial charge in [-0.3, -0.25) is 0 Å². The summed E-state index contributed by atoms with van der Waals surface area (Å²) in [6.45, 7) is 0.741. The Bertz CT molecular complexity index is 633. The van der Waals surface area contributed by atoms with Gasteiger partial charge in [0.25, 0.3) is 0 Å². The van der Waals surface area contributed by atoms with Gasteiger partial charge in [0.2, 0.25) is 0 Å². The van der Waals surface area contributed by atoms with E-state index in [-0.39, 0.29) is 6.23 Å². The van der Waals surface area contributed by atoms with Crippen LogP contribution < -0.4 is 16.2 Å². The van der Waals surface area contributed by atoms with Gasteiger partial charge in [-0.25, -0.2) is 4.68 Å². The average molecular weight is 288 g/mol. The second-order valence-corrected chi connectivity index (χ2v) is 5.14. The first-order valence-corrected chi connectivity index (χ1v) is 7.10. The maximum atomic E-state index is 6.14. The molecule has 1 aromatic heterocycles. The van der Waals surface area contributed by atoms with Gasteiger partial charge in [0.15, 0.2) is 6.23 Å². The van der Waals surface area contributed by atoms with Gasteiger partial charge in [0, 0.05) is 12.3 Å². The Labute approximate surface area is 123 Å². The van der Waals surface area contributed by atoms with Gasteiger partial charge in [-0.15, -0.1) is 0 Å². The normalized spacial score (nSPS) is 18.6. The second-order valence-electron chi connectivity index (χ2n) is 5.14. The monoisotopic (exact) mass is 288 g/mol. The van der Waals surface area contributed by atoms with Crippen LogP contribution in [0, 0.1) is 0 Å². The Morgan fingerprint density at radius 1 is 1.29 bits per heavy atom. The smallest absolute Gasteiger partial charge is 0.150 e. The summed E-state index contributed by atoms with van der Waals surface area (Å²) in [6.07, 6.45) is 4.66. The molecule has 6 heteroatoms. The number of aromatic nitrogens is 2. The van der Waals surface area contributed by atoms with Crippen LogP contribution >= 0.6 is 0 Å². The lowest BCUT2D eigenvalue weighted by molar-refractivity contribution is -0.0383. The van der Waals surface area contributed by atoms with Crippen LogP contribution in [0.3, 0.4) is 0 Å². The van der Waals surface area contributed by atoms with E-state index in [1.807, 2.05) is 22.9 Å². The van der Waals surface area contributed by atoms with E-state index in [0.717, 1.165) is 37.1 Å². The molecule has 3 rings (SSSR count). The number of anilines is 2. The molecule has 0 spiro atoms. The number of rotatable bonds is 3. The van der Waals surface area contributed by atoms with E-state index in [1.165, 1.54) is 0 Å². The molecule has 2 aromatic rings. The van der Waals surface area contributed by atoms with Crippen molar-refractivity contribution in [1.82, 2.24) is 9.78 Å². The Kier molecular flexibility index (Phi) is 3.70. The van der Waals surface area contributed by atoms with E-state index >= 15 is 0 Å². The highest BCUT2D eigenvalue weighted by atomic mass is 16.5. The molecule has 4 N–H and O–H groups in total. The summed E-state index contributed by atoms with van der Waals surface area (Å²) in [7, 11) is 1.62. The van der Waals surface area contributed by atoms with Crippen LogP contribution in [0.25, 0.3) is 11.3 Å². The molecule has 1 aliphatic rings. The SMILES string of the molecule is COc1cccc(N)c1-c1c(N)cnn1C1CCCCO1. The van der Waals surface area contributed by atoms with Gasteiger partial charge in [-0.2, -0.15) is 5.10 Å². The van der Waals surface area contributed by atoms with E-state index in [0.29, 0.717) is 17.1 Å². The van der Waals surface area contributed by atoms with Gasteiger partial charge in [0.1, 0.15) is 11.4 Å². The van der Waals surface area contributed by atoms with E-state index in [1.54, 1.807) is 13.3 Å². The maximum absolute atomic E-state index is 6.14. The van der Waals surface area contributed by atoms with Crippen molar-refractivity contribution in [3.05, 3.63) is 24.4 Å². The first-order valence-electron chi connectivity index (χ1n) is 7.10. The Hall–Kier alpha value is -2.21. The van der Waals surface area contributed by atoms with Gasteiger partial charge >= 0.3 is 0 Å². The summed E-state index contributed by atoms with van der Waals surface area (Å²) in [5.74, 6) is 0.680. The van der Waals surface area contributed by atoms with Crippen molar-refractivity contribution >= 4 is 11.4 Å². The highest BCUT2D eigenvalue weighted by Gasteiger charge is 2.24. The molecule has 0 amide bonds. The van der Waals surface area contributed by atoms with Gasteiger partial charge in [-0.05, 0) is 31.4 Å². The largest absolute Gasteiger partial charge is 0.496 e. The Morgan fingerprint density at radius 2 is 2.14 bits per heavy atom. The standard InChI is InChI=1S/C15H20N4O2/c1-20-12-6-4-5-10(16)14(12)15-11(17)9-18-19(15)13-7-2-3-8-21-13/h4-6,9,13H,2-3,7-8,16-17H2,1H3. The average Bonchev–Trinajstić information content (AvgIpc) is 2.89. The lowest BCUT2D eigenvalue weighted by atomic mass is 10.1. The van der Waals surface area contributed by atoms with E-state index in [4.69, 9.17) is 20.9 Å². The molecule has 0 radical (unpaired) electrons. The third-order valence-corrected chi connectivity index (χ3v) is 3.77. The summed E-state index contributed by atoms with van der Waals surface area (Å²) in [5.41, 5.74) is 15.0. The third-order valence-electron chi connectivity index (χ3n) is 3.77. The fourth-order valence-electron chi connectivity index (χ4n) is 2.74.